The van der Waals surface area contributed by atoms with Crippen molar-refractivity contribution < 1.29 is 4.92 Å². The zero-order chi connectivity index (χ0) is 15.2. The largest absolute Gasteiger partial charge is 0.269 e. The molecular weight excluding hydrogens is 286 g/mol. The molecule has 0 aliphatic heterocycles. The molecule has 0 bridgehead atoms. The number of benzene rings is 2. The van der Waals surface area contributed by atoms with Crippen molar-refractivity contribution in [3.63, 3.8) is 0 Å². The molecule has 110 valence electrons. The van der Waals surface area contributed by atoms with E-state index in [1.807, 2.05) is 0 Å². The van der Waals surface area contributed by atoms with Gasteiger partial charge in [-0.1, -0.05) is 42.0 Å². The highest BCUT2D eigenvalue weighted by molar-refractivity contribution is 6.20. The van der Waals surface area contributed by atoms with Gasteiger partial charge in [0.05, 0.1) is 4.92 Å². The zero-order valence-corrected chi connectivity index (χ0v) is 12.7. The molecule has 0 N–H and O–H groups in total. The molecule has 21 heavy (non-hydrogen) atoms. The molecule has 1 atom stereocenters. The van der Waals surface area contributed by atoms with Crippen molar-refractivity contribution in [1.29, 1.82) is 0 Å². The predicted octanol–water partition coefficient (Wildman–Crippen LogP) is 4.69. The van der Waals surface area contributed by atoms with Crippen LogP contribution in [0.2, 0.25) is 0 Å². The fourth-order valence-electron chi connectivity index (χ4n) is 2.19. The molecule has 2 aromatic rings. The summed E-state index contributed by atoms with van der Waals surface area (Å²) in [5.41, 5.74) is 3.69. The van der Waals surface area contributed by atoms with Gasteiger partial charge in [-0.15, -0.1) is 11.6 Å². The summed E-state index contributed by atoms with van der Waals surface area (Å²) in [7, 11) is 0. The highest BCUT2D eigenvalue weighted by atomic mass is 35.5. The van der Waals surface area contributed by atoms with Crippen LogP contribution in [0.5, 0.6) is 0 Å². The summed E-state index contributed by atoms with van der Waals surface area (Å²) in [6.07, 6.45) is 2.56. The number of nitro groups is 1. The Morgan fingerprint density at radius 1 is 1.05 bits per heavy atom. The van der Waals surface area contributed by atoms with E-state index in [0.29, 0.717) is 0 Å². The lowest BCUT2D eigenvalue weighted by Gasteiger charge is -2.09. The van der Waals surface area contributed by atoms with Gasteiger partial charge in [-0.2, -0.15) is 0 Å². The maximum atomic E-state index is 10.6. The number of halogens is 1. The van der Waals surface area contributed by atoms with Crippen LogP contribution in [0, 0.1) is 17.0 Å². The monoisotopic (exact) mass is 303 g/mol. The zero-order valence-electron chi connectivity index (χ0n) is 12.0. The molecule has 0 aliphatic carbocycles. The summed E-state index contributed by atoms with van der Waals surface area (Å²) in [5, 5.41) is 10.6. The molecule has 0 aromatic heterocycles. The first kappa shape index (κ1) is 15.5. The van der Waals surface area contributed by atoms with Crippen LogP contribution >= 0.6 is 11.6 Å². The average molecular weight is 304 g/mol. The van der Waals surface area contributed by atoms with Crippen molar-refractivity contribution in [2.45, 2.75) is 31.6 Å². The third-order valence-electron chi connectivity index (χ3n) is 3.47. The van der Waals surface area contributed by atoms with E-state index in [9.17, 15) is 10.1 Å². The molecule has 0 radical (unpaired) electrons. The van der Waals surface area contributed by atoms with Crippen molar-refractivity contribution in [2.24, 2.45) is 0 Å². The second-order valence-electron chi connectivity index (χ2n) is 5.25. The molecule has 3 nitrogen and oxygen atoms in total. The van der Waals surface area contributed by atoms with Gasteiger partial charge in [-0.05, 0) is 37.3 Å². The minimum absolute atomic E-state index is 0.0350. The van der Waals surface area contributed by atoms with Crippen LogP contribution in [0.1, 0.15) is 23.1 Å². The van der Waals surface area contributed by atoms with Crippen LogP contribution < -0.4 is 0 Å². The molecule has 2 rings (SSSR count). The van der Waals surface area contributed by atoms with Crippen LogP contribution in [-0.2, 0) is 12.8 Å². The molecule has 0 heterocycles. The molecule has 2 aromatic carbocycles. The number of non-ortho nitro benzene ring substituents is 1. The van der Waals surface area contributed by atoms with Gasteiger partial charge in [0.2, 0.25) is 0 Å². The summed E-state index contributed by atoms with van der Waals surface area (Å²) in [4.78, 5) is 10.2. The standard InChI is InChI=1S/C17H18ClNO2/c1-13-2-4-14(5-3-13)6-9-16(18)12-15-7-10-17(11-8-15)19(20)21/h2-5,7-8,10-11,16H,6,9,12H2,1H3. The lowest BCUT2D eigenvalue weighted by atomic mass is 10.0. The van der Waals surface area contributed by atoms with E-state index in [4.69, 9.17) is 11.6 Å². The van der Waals surface area contributed by atoms with Crippen molar-refractivity contribution in [1.82, 2.24) is 0 Å². The predicted molar refractivity (Wildman–Crippen MR) is 85.9 cm³/mol. The minimum atomic E-state index is -0.390. The van der Waals surface area contributed by atoms with E-state index >= 15 is 0 Å². The summed E-state index contributed by atoms with van der Waals surface area (Å²) in [5.74, 6) is 0. The Balaban J connectivity index is 1.85. The van der Waals surface area contributed by atoms with Gasteiger partial charge in [0, 0.05) is 17.5 Å². The molecular formula is C17H18ClNO2. The lowest BCUT2D eigenvalue weighted by molar-refractivity contribution is -0.384. The van der Waals surface area contributed by atoms with Crippen molar-refractivity contribution in [3.05, 3.63) is 75.3 Å². The topological polar surface area (TPSA) is 43.1 Å². The van der Waals surface area contributed by atoms with Crippen molar-refractivity contribution in [2.75, 3.05) is 0 Å². The maximum absolute atomic E-state index is 10.6. The Labute approximate surface area is 129 Å². The van der Waals surface area contributed by atoms with Gasteiger partial charge >= 0.3 is 0 Å². The minimum Gasteiger partial charge on any atom is -0.258 e. The van der Waals surface area contributed by atoms with Gasteiger partial charge in [0.1, 0.15) is 0 Å². The first-order valence-corrected chi connectivity index (χ1v) is 7.41. The number of alkyl halides is 1. The van der Waals surface area contributed by atoms with E-state index in [2.05, 4.69) is 31.2 Å². The van der Waals surface area contributed by atoms with Crippen LogP contribution in [-0.4, -0.2) is 10.3 Å². The average Bonchev–Trinajstić information content (AvgIpc) is 2.47. The molecule has 4 heteroatoms. The molecule has 0 fully saturated rings. The third-order valence-corrected chi connectivity index (χ3v) is 3.84. The van der Waals surface area contributed by atoms with Crippen molar-refractivity contribution >= 4 is 17.3 Å². The highest BCUT2D eigenvalue weighted by Gasteiger charge is 2.09. The fraction of sp³-hybridized carbons (Fsp3) is 0.294. The molecule has 0 saturated carbocycles. The van der Waals surface area contributed by atoms with E-state index in [-0.39, 0.29) is 16.0 Å². The summed E-state index contributed by atoms with van der Waals surface area (Å²) >= 11 is 6.36. The Morgan fingerprint density at radius 2 is 1.62 bits per heavy atom. The number of nitrogens with zero attached hydrogens (tertiary/aromatic N) is 1. The lowest BCUT2D eigenvalue weighted by Crippen LogP contribution is -2.05. The second-order valence-corrected chi connectivity index (χ2v) is 5.87. The first-order chi connectivity index (χ1) is 10.0. The quantitative estimate of drug-likeness (QED) is 0.441. The van der Waals surface area contributed by atoms with Crippen LogP contribution in [0.3, 0.4) is 0 Å². The number of hydrogen-bond acceptors (Lipinski definition) is 2. The van der Waals surface area contributed by atoms with E-state index in [1.165, 1.54) is 23.3 Å². The highest BCUT2D eigenvalue weighted by Crippen LogP contribution is 2.18. The van der Waals surface area contributed by atoms with Crippen LogP contribution in [0.25, 0.3) is 0 Å². The van der Waals surface area contributed by atoms with E-state index < -0.39 is 0 Å². The fourth-order valence-corrected chi connectivity index (χ4v) is 2.48. The van der Waals surface area contributed by atoms with Crippen molar-refractivity contribution in [3.8, 4) is 0 Å². The smallest absolute Gasteiger partial charge is 0.258 e. The summed E-state index contributed by atoms with van der Waals surface area (Å²) in [6, 6.07) is 15.1. The van der Waals surface area contributed by atoms with Gasteiger partial charge < -0.3 is 0 Å². The first-order valence-electron chi connectivity index (χ1n) is 6.97. The number of nitro benzene ring substituents is 1. The summed E-state index contributed by atoms with van der Waals surface area (Å²) in [6.45, 7) is 2.07. The van der Waals surface area contributed by atoms with Gasteiger partial charge in [0.25, 0.3) is 5.69 Å². The van der Waals surface area contributed by atoms with Crippen LogP contribution in [0.15, 0.2) is 48.5 Å². The van der Waals surface area contributed by atoms with E-state index in [1.54, 1.807) is 12.1 Å². The Kier molecular flexibility index (Phi) is 5.34. The molecule has 0 spiro atoms. The number of rotatable bonds is 6. The Morgan fingerprint density at radius 3 is 2.19 bits per heavy atom. The molecule has 1 unspecified atom stereocenters. The molecule has 0 saturated heterocycles. The van der Waals surface area contributed by atoms with E-state index in [0.717, 1.165) is 24.8 Å². The third kappa shape index (κ3) is 4.87. The Bertz CT molecular complexity index is 593. The second kappa shape index (κ2) is 7.23. The molecule has 0 amide bonds. The van der Waals surface area contributed by atoms with Gasteiger partial charge in [-0.3, -0.25) is 10.1 Å². The number of aryl methyl sites for hydroxylation is 2. The SMILES string of the molecule is Cc1ccc(CCC(Cl)Cc2ccc([N+](=O)[O-])cc2)cc1. The normalized spacial score (nSPS) is 12.1. The molecule has 0 aliphatic rings. The Hall–Kier alpha value is -1.87. The van der Waals surface area contributed by atoms with Crippen LogP contribution in [0.4, 0.5) is 5.69 Å². The van der Waals surface area contributed by atoms with Gasteiger partial charge in [0.15, 0.2) is 0 Å². The summed E-state index contributed by atoms with van der Waals surface area (Å²) < 4.78 is 0. The number of hydrogen-bond donors (Lipinski definition) is 0. The maximum Gasteiger partial charge on any atom is 0.269 e. The van der Waals surface area contributed by atoms with Gasteiger partial charge in [-0.25, -0.2) is 0 Å².